The van der Waals surface area contributed by atoms with E-state index in [2.05, 4.69) is 5.10 Å². The molecule has 0 saturated heterocycles. The van der Waals surface area contributed by atoms with Crippen molar-refractivity contribution in [1.82, 2.24) is 9.78 Å². The molecule has 1 heterocycles. The molecule has 0 bridgehead atoms. The van der Waals surface area contributed by atoms with Gasteiger partial charge in [0.05, 0.1) is 19.0 Å². The number of nitrogens with zero attached hydrogens (tertiary/aromatic N) is 2. The first-order valence-electron chi connectivity index (χ1n) is 5.01. The summed E-state index contributed by atoms with van der Waals surface area (Å²) in [7, 11) is 3.54. The molecule has 0 aliphatic heterocycles. The molecule has 0 aliphatic carbocycles. The predicted octanol–water partition coefficient (Wildman–Crippen LogP) is 0.852. The normalized spacial score (nSPS) is 10.5. The summed E-state index contributed by atoms with van der Waals surface area (Å²) < 4.78 is 17.3. The molecule has 0 atom stereocenters. The van der Waals surface area contributed by atoms with E-state index in [0.717, 1.165) is 18.8 Å². The van der Waals surface area contributed by atoms with Gasteiger partial charge in [0.15, 0.2) is 5.75 Å². The van der Waals surface area contributed by atoms with Crippen molar-refractivity contribution in [1.29, 1.82) is 0 Å². The van der Waals surface area contributed by atoms with E-state index >= 15 is 0 Å². The highest BCUT2D eigenvalue weighted by Crippen LogP contribution is 2.05. The standard InChI is InChI=1S/C10H18N2O3/c1-12-9-10(8-11-12)15-7-6-14-5-3-4-13-2/h8-9H,3-7H2,1-2H3. The Bertz CT molecular complexity index is 263. The second-order valence-electron chi connectivity index (χ2n) is 3.16. The van der Waals surface area contributed by atoms with Crippen molar-refractivity contribution >= 4 is 0 Å². The summed E-state index contributed by atoms with van der Waals surface area (Å²) in [6.07, 6.45) is 4.43. The summed E-state index contributed by atoms with van der Waals surface area (Å²) in [6, 6.07) is 0. The minimum Gasteiger partial charge on any atom is -0.488 e. The Morgan fingerprint density at radius 3 is 2.80 bits per heavy atom. The van der Waals surface area contributed by atoms with Crippen molar-refractivity contribution < 1.29 is 14.2 Å². The monoisotopic (exact) mass is 214 g/mol. The Balaban J connectivity index is 1.93. The van der Waals surface area contributed by atoms with E-state index in [9.17, 15) is 0 Å². The van der Waals surface area contributed by atoms with Crippen LogP contribution in [0.1, 0.15) is 6.42 Å². The lowest BCUT2D eigenvalue weighted by atomic mass is 10.5. The van der Waals surface area contributed by atoms with Gasteiger partial charge in [-0.15, -0.1) is 0 Å². The van der Waals surface area contributed by atoms with E-state index in [1.54, 1.807) is 18.0 Å². The Morgan fingerprint density at radius 2 is 2.13 bits per heavy atom. The highest BCUT2D eigenvalue weighted by molar-refractivity contribution is 5.10. The van der Waals surface area contributed by atoms with Gasteiger partial charge in [0, 0.05) is 27.4 Å². The molecule has 0 N–H and O–H groups in total. The summed E-state index contributed by atoms with van der Waals surface area (Å²) in [6.45, 7) is 2.60. The summed E-state index contributed by atoms with van der Waals surface area (Å²) in [5.74, 6) is 0.776. The minimum absolute atomic E-state index is 0.554. The van der Waals surface area contributed by atoms with Crippen LogP contribution in [0, 0.1) is 0 Å². The maximum absolute atomic E-state index is 5.39. The molecule has 0 aliphatic rings. The predicted molar refractivity (Wildman–Crippen MR) is 56.0 cm³/mol. The van der Waals surface area contributed by atoms with Crippen molar-refractivity contribution in [2.45, 2.75) is 6.42 Å². The van der Waals surface area contributed by atoms with E-state index < -0.39 is 0 Å². The molecule has 0 unspecified atom stereocenters. The third-order valence-electron chi connectivity index (χ3n) is 1.81. The SMILES string of the molecule is COCCCOCCOc1cnn(C)c1. The zero-order valence-corrected chi connectivity index (χ0v) is 9.31. The van der Waals surface area contributed by atoms with E-state index in [4.69, 9.17) is 14.2 Å². The number of rotatable bonds is 8. The zero-order valence-electron chi connectivity index (χ0n) is 9.31. The van der Waals surface area contributed by atoms with Gasteiger partial charge >= 0.3 is 0 Å². The van der Waals surface area contributed by atoms with Crippen LogP contribution < -0.4 is 4.74 Å². The number of methoxy groups -OCH3 is 1. The molecule has 1 aromatic heterocycles. The molecule has 1 rings (SSSR count). The number of hydrogen-bond acceptors (Lipinski definition) is 4. The zero-order chi connectivity index (χ0) is 10.9. The van der Waals surface area contributed by atoms with Gasteiger partial charge in [0.2, 0.25) is 0 Å². The average molecular weight is 214 g/mol. The second kappa shape index (κ2) is 7.25. The van der Waals surface area contributed by atoms with Crippen molar-refractivity contribution in [2.75, 3.05) is 33.5 Å². The lowest BCUT2D eigenvalue weighted by molar-refractivity contribution is 0.0806. The fourth-order valence-corrected chi connectivity index (χ4v) is 1.10. The quantitative estimate of drug-likeness (QED) is 0.602. The largest absolute Gasteiger partial charge is 0.488 e. The lowest BCUT2D eigenvalue weighted by Crippen LogP contribution is -2.08. The molecule has 1 aromatic rings. The molecule has 0 saturated carbocycles. The van der Waals surface area contributed by atoms with Crippen LogP contribution in [0.2, 0.25) is 0 Å². The highest BCUT2D eigenvalue weighted by atomic mass is 16.5. The third kappa shape index (κ3) is 5.39. The van der Waals surface area contributed by atoms with Gasteiger partial charge < -0.3 is 14.2 Å². The molecule has 0 fully saturated rings. The molecule has 0 aromatic carbocycles. The van der Waals surface area contributed by atoms with E-state index in [-0.39, 0.29) is 0 Å². The Morgan fingerprint density at radius 1 is 1.27 bits per heavy atom. The topological polar surface area (TPSA) is 45.5 Å². The van der Waals surface area contributed by atoms with E-state index in [1.165, 1.54) is 0 Å². The van der Waals surface area contributed by atoms with E-state index in [1.807, 2.05) is 13.2 Å². The maximum Gasteiger partial charge on any atom is 0.157 e. The van der Waals surface area contributed by atoms with Crippen LogP contribution in [-0.2, 0) is 16.5 Å². The molecule has 0 amide bonds. The molecule has 0 spiro atoms. The van der Waals surface area contributed by atoms with Crippen molar-refractivity contribution in [3.05, 3.63) is 12.4 Å². The van der Waals surface area contributed by atoms with Crippen LogP contribution in [0.15, 0.2) is 12.4 Å². The Hall–Kier alpha value is -1.07. The van der Waals surface area contributed by atoms with Gasteiger partial charge in [-0.25, -0.2) is 0 Å². The Kier molecular flexibility index (Phi) is 5.80. The molecule has 86 valence electrons. The van der Waals surface area contributed by atoms with Crippen LogP contribution in [0.5, 0.6) is 5.75 Å². The fourth-order valence-electron chi connectivity index (χ4n) is 1.10. The lowest BCUT2D eigenvalue weighted by Gasteiger charge is -2.04. The number of ether oxygens (including phenoxy) is 3. The average Bonchev–Trinajstić information content (AvgIpc) is 2.63. The fraction of sp³-hybridized carbons (Fsp3) is 0.700. The van der Waals surface area contributed by atoms with Gasteiger partial charge in [0.25, 0.3) is 0 Å². The van der Waals surface area contributed by atoms with Crippen LogP contribution in [0.4, 0.5) is 0 Å². The van der Waals surface area contributed by atoms with Crippen LogP contribution >= 0.6 is 0 Å². The van der Waals surface area contributed by atoms with Gasteiger partial charge in [-0.2, -0.15) is 5.10 Å². The number of aromatic nitrogens is 2. The second-order valence-corrected chi connectivity index (χ2v) is 3.16. The third-order valence-corrected chi connectivity index (χ3v) is 1.81. The molecular weight excluding hydrogens is 196 g/mol. The summed E-state index contributed by atoms with van der Waals surface area (Å²) in [5.41, 5.74) is 0. The Labute approximate surface area is 89.9 Å². The summed E-state index contributed by atoms with van der Waals surface area (Å²) >= 11 is 0. The van der Waals surface area contributed by atoms with Gasteiger partial charge in [0.1, 0.15) is 6.61 Å². The summed E-state index contributed by atoms with van der Waals surface area (Å²) in [4.78, 5) is 0. The van der Waals surface area contributed by atoms with Gasteiger partial charge in [-0.3, -0.25) is 4.68 Å². The summed E-state index contributed by atoms with van der Waals surface area (Å²) in [5, 5.41) is 3.99. The van der Waals surface area contributed by atoms with Crippen LogP contribution in [-0.4, -0.2) is 43.3 Å². The number of aryl methyl sites for hydroxylation is 1. The molecule has 5 nitrogen and oxygen atoms in total. The van der Waals surface area contributed by atoms with Crippen LogP contribution in [0.3, 0.4) is 0 Å². The number of hydrogen-bond donors (Lipinski definition) is 0. The molecule has 15 heavy (non-hydrogen) atoms. The molecule has 0 radical (unpaired) electrons. The minimum atomic E-state index is 0.554. The smallest absolute Gasteiger partial charge is 0.157 e. The van der Waals surface area contributed by atoms with Crippen molar-refractivity contribution in [3.63, 3.8) is 0 Å². The first-order valence-corrected chi connectivity index (χ1v) is 5.01. The molecular formula is C10H18N2O3. The van der Waals surface area contributed by atoms with Gasteiger partial charge in [-0.05, 0) is 6.42 Å². The maximum atomic E-state index is 5.39. The van der Waals surface area contributed by atoms with Gasteiger partial charge in [-0.1, -0.05) is 0 Å². The van der Waals surface area contributed by atoms with Crippen LogP contribution in [0.25, 0.3) is 0 Å². The van der Waals surface area contributed by atoms with Crippen molar-refractivity contribution in [3.8, 4) is 5.75 Å². The molecule has 5 heteroatoms. The van der Waals surface area contributed by atoms with Crippen molar-refractivity contribution in [2.24, 2.45) is 7.05 Å². The highest BCUT2D eigenvalue weighted by Gasteiger charge is 1.95. The first kappa shape index (κ1) is 12.0. The van der Waals surface area contributed by atoms with E-state index in [0.29, 0.717) is 19.8 Å². The first-order chi connectivity index (χ1) is 7.33.